The van der Waals surface area contributed by atoms with Crippen LogP contribution in [0.2, 0.25) is 0 Å². The van der Waals surface area contributed by atoms with Gasteiger partial charge in [0, 0.05) is 19.7 Å². The normalized spacial score (nSPS) is 23.9. The highest BCUT2D eigenvalue weighted by Crippen LogP contribution is 2.53. The third kappa shape index (κ3) is 2.33. The number of rotatable bonds is 2. The molecular weight excluding hydrogens is 329 g/mol. The van der Waals surface area contributed by atoms with Gasteiger partial charge in [-0.3, -0.25) is 0 Å². The highest BCUT2D eigenvalue weighted by atomic mass is 127. The fourth-order valence-corrected chi connectivity index (χ4v) is 4.28. The number of halogens is 1. The van der Waals surface area contributed by atoms with Gasteiger partial charge in [-0.2, -0.15) is 0 Å². The number of allylic oxidation sites excluding steroid dienone is 2. The highest BCUT2D eigenvalue weighted by Gasteiger charge is 2.33. The van der Waals surface area contributed by atoms with E-state index in [9.17, 15) is 0 Å². The fraction of sp³-hybridized carbons (Fsp3) is 0.385. The minimum absolute atomic E-state index is 0.128. The Balaban J connectivity index is 2.22. The van der Waals surface area contributed by atoms with E-state index in [-0.39, 0.29) is 2.75 Å². The fourth-order valence-electron chi connectivity index (χ4n) is 1.63. The summed E-state index contributed by atoms with van der Waals surface area (Å²) >= 11 is 4.44. The zero-order valence-electron chi connectivity index (χ0n) is 9.67. The third-order valence-electron chi connectivity index (χ3n) is 2.59. The molecule has 0 unspecified atom stereocenters. The minimum Gasteiger partial charge on any atom is -0.371 e. The maximum atomic E-state index is 3.29. The van der Waals surface area contributed by atoms with Crippen LogP contribution in [0.25, 0.3) is 0 Å². The average molecular weight is 343 g/mol. The minimum atomic E-state index is 0.128. The Morgan fingerprint density at radius 1 is 1.38 bits per heavy atom. The summed E-state index contributed by atoms with van der Waals surface area (Å²) in [6.07, 6.45) is 3.38. The van der Waals surface area contributed by atoms with Crippen molar-refractivity contribution in [3.8, 4) is 0 Å². The van der Waals surface area contributed by atoms with Crippen LogP contribution in [0.4, 0.5) is 5.69 Å². The lowest BCUT2D eigenvalue weighted by Crippen LogP contribution is -2.10. The third-order valence-corrected chi connectivity index (χ3v) is 5.47. The van der Waals surface area contributed by atoms with Gasteiger partial charge in [-0.25, -0.2) is 0 Å². The first-order valence-corrected chi connectivity index (χ1v) is 7.07. The second kappa shape index (κ2) is 4.50. The zero-order chi connectivity index (χ0) is 11.8. The van der Waals surface area contributed by atoms with Crippen LogP contribution in [-0.2, 0) is 2.75 Å². The lowest BCUT2D eigenvalue weighted by atomic mass is 10.1. The van der Waals surface area contributed by atoms with Crippen LogP contribution >= 0.6 is 34.4 Å². The molecule has 0 fully saturated rings. The predicted octanol–water partition coefficient (Wildman–Crippen LogP) is 3.98. The second-order valence-corrected chi connectivity index (χ2v) is 8.24. The summed E-state index contributed by atoms with van der Waals surface area (Å²) in [6.45, 7) is 2.17. The molecule has 3 heteroatoms. The molecule has 0 N–H and O–H groups in total. The number of thioether (sulfide) groups is 1. The molecule has 2 rings (SSSR count). The number of hydrogen-bond acceptors (Lipinski definition) is 2. The van der Waals surface area contributed by atoms with E-state index in [1.165, 1.54) is 10.5 Å². The smallest absolute Gasteiger partial charge is 0.108 e. The van der Waals surface area contributed by atoms with Crippen LogP contribution in [-0.4, -0.2) is 14.1 Å². The van der Waals surface area contributed by atoms with E-state index < -0.39 is 0 Å². The van der Waals surface area contributed by atoms with Gasteiger partial charge in [0.05, 0.1) is 5.69 Å². The van der Waals surface area contributed by atoms with Crippen molar-refractivity contribution in [3.63, 3.8) is 0 Å². The molecule has 0 saturated heterocycles. The van der Waals surface area contributed by atoms with E-state index >= 15 is 0 Å². The Morgan fingerprint density at radius 3 is 2.56 bits per heavy atom. The quantitative estimate of drug-likeness (QED) is 0.590. The van der Waals surface area contributed by atoms with E-state index in [1.807, 2.05) is 30.8 Å². The molecule has 0 radical (unpaired) electrons. The summed E-state index contributed by atoms with van der Waals surface area (Å²) < 4.78 is 0.128. The van der Waals surface area contributed by atoms with Crippen molar-refractivity contribution in [2.45, 2.75) is 16.1 Å². The number of nitrogens with zero attached hydrogens (tertiary/aromatic N) is 1. The van der Waals surface area contributed by atoms with Gasteiger partial charge in [0.25, 0.3) is 0 Å². The summed E-state index contributed by atoms with van der Waals surface area (Å²) in [5, 5.41) is 0. The molecule has 84 valence electrons. The molecule has 0 aliphatic carbocycles. The molecular formula is C13H14INS. The summed E-state index contributed by atoms with van der Waals surface area (Å²) in [4.78, 5) is 3.45. The Hall–Kier alpha value is -0.340. The largest absolute Gasteiger partial charge is 0.371 e. The van der Waals surface area contributed by atoms with Gasteiger partial charge in [-0.15, -0.1) is 11.8 Å². The van der Waals surface area contributed by atoms with Crippen molar-refractivity contribution in [2.75, 3.05) is 19.0 Å². The number of alkyl halides is 1. The maximum absolute atomic E-state index is 3.29. The van der Waals surface area contributed by atoms with Crippen molar-refractivity contribution < 1.29 is 0 Å². The van der Waals surface area contributed by atoms with Gasteiger partial charge in [0.1, 0.15) is 2.75 Å². The van der Waals surface area contributed by atoms with Crippen LogP contribution < -0.4 is 4.90 Å². The maximum Gasteiger partial charge on any atom is 0.108 e. The predicted molar refractivity (Wildman–Crippen MR) is 80.1 cm³/mol. The van der Waals surface area contributed by atoms with Gasteiger partial charge in [0.15, 0.2) is 0 Å². The molecule has 1 aromatic rings. The molecule has 1 heterocycles. The standard InChI is InChI=1S/C13H14INS/c1-10-8-9-13(14,16-10)11-4-6-12(7-5-11)15(2)3/h4,6,8H,9H2,1-3H3/t13-/m1/s1. The van der Waals surface area contributed by atoms with Crippen molar-refractivity contribution in [2.24, 2.45) is 0 Å². The zero-order valence-corrected chi connectivity index (χ0v) is 12.6. The van der Waals surface area contributed by atoms with Gasteiger partial charge in [-0.05, 0) is 36.4 Å². The summed E-state index contributed by atoms with van der Waals surface area (Å²) in [5.41, 5.74) is 2.31. The van der Waals surface area contributed by atoms with Crippen LogP contribution in [0.1, 0.15) is 18.9 Å². The molecule has 1 atom stereocenters. The van der Waals surface area contributed by atoms with E-state index in [2.05, 4.69) is 59.9 Å². The molecule has 0 bridgehead atoms. The van der Waals surface area contributed by atoms with Gasteiger partial charge in [0.2, 0.25) is 0 Å². The van der Waals surface area contributed by atoms with Crippen molar-refractivity contribution in [3.05, 3.63) is 40.8 Å². The molecule has 1 aromatic carbocycles. The summed E-state index contributed by atoms with van der Waals surface area (Å²) in [7, 11) is 4.05. The number of anilines is 1. The Labute approximate surface area is 115 Å². The molecule has 1 aliphatic heterocycles. The topological polar surface area (TPSA) is 3.24 Å². The highest BCUT2D eigenvalue weighted by molar-refractivity contribution is 14.1. The van der Waals surface area contributed by atoms with Gasteiger partial charge >= 0.3 is 0 Å². The van der Waals surface area contributed by atoms with Gasteiger partial charge < -0.3 is 4.90 Å². The van der Waals surface area contributed by atoms with Crippen LogP contribution in [0, 0.1) is 12.1 Å². The Morgan fingerprint density at radius 2 is 2.12 bits per heavy atom. The van der Waals surface area contributed by atoms with Crippen molar-refractivity contribution in [1.29, 1.82) is 0 Å². The van der Waals surface area contributed by atoms with Crippen LogP contribution in [0.5, 0.6) is 0 Å². The monoisotopic (exact) mass is 343 g/mol. The first-order chi connectivity index (χ1) is 7.51. The van der Waals surface area contributed by atoms with E-state index in [4.69, 9.17) is 0 Å². The van der Waals surface area contributed by atoms with Gasteiger partial charge in [-0.1, -0.05) is 34.7 Å². The van der Waals surface area contributed by atoms with Crippen LogP contribution in [0.3, 0.4) is 0 Å². The molecule has 0 spiro atoms. The lowest BCUT2D eigenvalue weighted by molar-refractivity contribution is 0.955. The Bertz CT molecular complexity index is 410. The molecule has 0 amide bonds. The molecule has 1 aliphatic rings. The van der Waals surface area contributed by atoms with E-state index in [0.717, 1.165) is 12.1 Å². The first kappa shape index (κ1) is 12.1. The molecule has 0 saturated carbocycles. The molecule has 0 aromatic heterocycles. The second-order valence-electron chi connectivity index (χ2n) is 4.13. The summed E-state index contributed by atoms with van der Waals surface area (Å²) in [6, 6.07) is 10.8. The van der Waals surface area contributed by atoms with E-state index in [1.54, 1.807) is 0 Å². The lowest BCUT2D eigenvalue weighted by Gasteiger charge is -2.20. The van der Waals surface area contributed by atoms with Crippen LogP contribution in [0.15, 0.2) is 23.1 Å². The average Bonchev–Trinajstić information content (AvgIpc) is 2.60. The van der Waals surface area contributed by atoms with Crippen molar-refractivity contribution in [1.82, 2.24) is 0 Å². The van der Waals surface area contributed by atoms with Crippen molar-refractivity contribution >= 4 is 40.0 Å². The van der Waals surface area contributed by atoms with E-state index in [0.29, 0.717) is 0 Å². The summed E-state index contributed by atoms with van der Waals surface area (Å²) in [5.74, 6) is 0. The molecule has 1 nitrogen and oxygen atoms in total. The molecule has 16 heavy (non-hydrogen) atoms. The SMILES string of the molecule is CC1=CC[C@](I)(c2c#cc(N(C)C)cc2)S1. The Kier molecular flexibility index (Phi) is 3.41. The first-order valence-electron chi connectivity index (χ1n) is 5.18. The number of hydrogen-bond donors (Lipinski definition) is 0.